The average molecular weight is 338 g/mol. The Bertz CT molecular complexity index is 708. The van der Waals surface area contributed by atoms with Crippen molar-refractivity contribution in [2.45, 2.75) is 25.8 Å². The minimum atomic E-state index is 0.385. The summed E-state index contributed by atoms with van der Waals surface area (Å²) in [6.07, 6.45) is 7.49. The molecular formula is C20H26N4O. The molecule has 1 aromatic heterocycles. The Balaban J connectivity index is 1.42. The molecule has 4 rings (SSSR count). The molecule has 3 heterocycles. The predicted molar refractivity (Wildman–Crippen MR) is 98.8 cm³/mol. The van der Waals surface area contributed by atoms with E-state index in [0.717, 1.165) is 37.9 Å². The van der Waals surface area contributed by atoms with Gasteiger partial charge in [-0.2, -0.15) is 0 Å². The second kappa shape index (κ2) is 7.00. The summed E-state index contributed by atoms with van der Waals surface area (Å²) in [7, 11) is 1.73. The number of hydrogen-bond acceptors (Lipinski definition) is 5. The van der Waals surface area contributed by atoms with Crippen LogP contribution in [0.5, 0.6) is 5.75 Å². The largest absolute Gasteiger partial charge is 0.497 e. The molecule has 132 valence electrons. The number of anilines is 1. The van der Waals surface area contributed by atoms with Crippen molar-refractivity contribution in [2.75, 3.05) is 38.2 Å². The Morgan fingerprint density at radius 1 is 1.08 bits per heavy atom. The van der Waals surface area contributed by atoms with E-state index in [0.29, 0.717) is 5.41 Å². The summed E-state index contributed by atoms with van der Waals surface area (Å²) in [4.78, 5) is 13.8. The zero-order valence-electron chi connectivity index (χ0n) is 14.9. The monoisotopic (exact) mass is 338 g/mol. The zero-order chi connectivity index (χ0) is 17.1. The van der Waals surface area contributed by atoms with Crippen molar-refractivity contribution in [3.63, 3.8) is 0 Å². The highest BCUT2D eigenvalue weighted by molar-refractivity contribution is 5.32. The van der Waals surface area contributed by atoms with Crippen molar-refractivity contribution in [2.24, 2.45) is 5.41 Å². The van der Waals surface area contributed by atoms with Crippen LogP contribution >= 0.6 is 0 Å². The van der Waals surface area contributed by atoms with Gasteiger partial charge in [0.1, 0.15) is 5.75 Å². The smallest absolute Gasteiger partial charge is 0.225 e. The van der Waals surface area contributed by atoms with E-state index >= 15 is 0 Å². The van der Waals surface area contributed by atoms with Gasteiger partial charge in [-0.15, -0.1) is 0 Å². The van der Waals surface area contributed by atoms with Crippen molar-refractivity contribution in [1.29, 1.82) is 0 Å². The van der Waals surface area contributed by atoms with E-state index in [2.05, 4.69) is 38.0 Å². The van der Waals surface area contributed by atoms with Gasteiger partial charge >= 0.3 is 0 Å². The maximum Gasteiger partial charge on any atom is 0.225 e. The second-order valence-corrected chi connectivity index (χ2v) is 7.39. The molecule has 5 heteroatoms. The molecule has 25 heavy (non-hydrogen) atoms. The van der Waals surface area contributed by atoms with E-state index in [1.54, 1.807) is 7.11 Å². The van der Waals surface area contributed by atoms with E-state index in [9.17, 15) is 0 Å². The molecule has 0 N–H and O–H groups in total. The fourth-order valence-electron chi connectivity index (χ4n) is 4.37. The number of methoxy groups -OCH3 is 1. The maximum absolute atomic E-state index is 5.36. The predicted octanol–water partition coefficient (Wildman–Crippen LogP) is 2.98. The van der Waals surface area contributed by atoms with E-state index in [1.165, 1.54) is 31.4 Å². The van der Waals surface area contributed by atoms with Crippen LogP contribution in [-0.2, 0) is 6.54 Å². The lowest BCUT2D eigenvalue weighted by Crippen LogP contribution is -2.44. The molecule has 1 spiro atoms. The minimum absolute atomic E-state index is 0.385. The first-order chi connectivity index (χ1) is 12.3. The van der Waals surface area contributed by atoms with Gasteiger partial charge in [0.05, 0.1) is 7.11 Å². The topological polar surface area (TPSA) is 41.5 Å². The van der Waals surface area contributed by atoms with Crippen LogP contribution in [0.2, 0.25) is 0 Å². The van der Waals surface area contributed by atoms with Gasteiger partial charge < -0.3 is 9.64 Å². The Morgan fingerprint density at radius 2 is 1.96 bits per heavy atom. The van der Waals surface area contributed by atoms with Crippen LogP contribution in [0.15, 0.2) is 42.7 Å². The second-order valence-electron chi connectivity index (χ2n) is 7.39. The van der Waals surface area contributed by atoms with E-state index in [4.69, 9.17) is 4.74 Å². The molecule has 2 aliphatic heterocycles. The lowest BCUT2D eigenvalue weighted by Gasteiger charge is -2.40. The standard InChI is InChI=1S/C20H26N4O/c1-25-18-6-2-5-17(13-18)14-23-11-3-7-20(15-23)8-12-24(16-20)19-21-9-4-10-22-19/h2,4-6,9-10,13H,3,7-8,11-12,14-16H2,1H3. The van der Waals surface area contributed by atoms with Crippen molar-refractivity contribution < 1.29 is 4.74 Å². The lowest BCUT2D eigenvalue weighted by atomic mass is 9.79. The summed E-state index contributed by atoms with van der Waals surface area (Å²) in [6.45, 7) is 5.48. The third-order valence-corrected chi connectivity index (χ3v) is 5.55. The van der Waals surface area contributed by atoms with Crippen molar-refractivity contribution in [3.05, 3.63) is 48.3 Å². The molecule has 1 aromatic carbocycles. The van der Waals surface area contributed by atoms with Gasteiger partial charge in [-0.1, -0.05) is 12.1 Å². The number of rotatable bonds is 4. The number of benzene rings is 1. The first kappa shape index (κ1) is 16.3. The van der Waals surface area contributed by atoms with Gasteiger partial charge in [0.15, 0.2) is 0 Å². The molecule has 1 unspecified atom stereocenters. The Morgan fingerprint density at radius 3 is 2.80 bits per heavy atom. The molecule has 2 aliphatic rings. The number of piperidine rings is 1. The number of aromatic nitrogens is 2. The van der Waals surface area contributed by atoms with Gasteiger partial charge in [0, 0.05) is 44.0 Å². The molecule has 5 nitrogen and oxygen atoms in total. The first-order valence-electron chi connectivity index (χ1n) is 9.14. The van der Waals surface area contributed by atoms with Crippen molar-refractivity contribution in [1.82, 2.24) is 14.9 Å². The Hall–Kier alpha value is -2.14. The fourth-order valence-corrected chi connectivity index (χ4v) is 4.37. The van der Waals surface area contributed by atoms with Crippen LogP contribution in [0, 0.1) is 5.41 Å². The highest BCUT2D eigenvalue weighted by Gasteiger charge is 2.41. The number of nitrogens with zero attached hydrogens (tertiary/aromatic N) is 4. The summed E-state index contributed by atoms with van der Waals surface area (Å²) in [5.74, 6) is 1.82. The molecule has 0 amide bonds. The first-order valence-corrected chi connectivity index (χ1v) is 9.14. The van der Waals surface area contributed by atoms with Crippen LogP contribution in [0.25, 0.3) is 0 Å². The summed E-state index contributed by atoms with van der Waals surface area (Å²) < 4.78 is 5.36. The Kier molecular flexibility index (Phi) is 4.57. The fraction of sp³-hybridized carbons (Fsp3) is 0.500. The molecule has 0 radical (unpaired) electrons. The highest BCUT2D eigenvalue weighted by atomic mass is 16.5. The van der Waals surface area contributed by atoms with Gasteiger partial charge in [-0.05, 0) is 49.6 Å². The van der Waals surface area contributed by atoms with Crippen LogP contribution in [-0.4, -0.2) is 48.2 Å². The molecule has 0 bridgehead atoms. The quantitative estimate of drug-likeness (QED) is 0.857. The molecule has 1 atom stereocenters. The third kappa shape index (κ3) is 3.61. The van der Waals surface area contributed by atoms with Crippen LogP contribution < -0.4 is 9.64 Å². The summed E-state index contributed by atoms with van der Waals surface area (Å²) >= 11 is 0. The van der Waals surface area contributed by atoms with Crippen molar-refractivity contribution in [3.8, 4) is 5.75 Å². The van der Waals surface area contributed by atoms with Gasteiger partial charge in [-0.25, -0.2) is 9.97 Å². The third-order valence-electron chi connectivity index (χ3n) is 5.55. The molecule has 2 saturated heterocycles. The minimum Gasteiger partial charge on any atom is -0.497 e. The average Bonchev–Trinajstić information content (AvgIpc) is 3.06. The highest BCUT2D eigenvalue weighted by Crippen LogP contribution is 2.40. The van der Waals surface area contributed by atoms with Gasteiger partial charge in [-0.3, -0.25) is 4.90 Å². The van der Waals surface area contributed by atoms with Crippen LogP contribution in [0.3, 0.4) is 0 Å². The van der Waals surface area contributed by atoms with E-state index in [1.807, 2.05) is 24.5 Å². The molecule has 0 aliphatic carbocycles. The van der Waals surface area contributed by atoms with E-state index < -0.39 is 0 Å². The molecule has 0 saturated carbocycles. The number of hydrogen-bond donors (Lipinski definition) is 0. The van der Waals surface area contributed by atoms with Gasteiger partial charge in [0.2, 0.25) is 5.95 Å². The summed E-state index contributed by atoms with van der Waals surface area (Å²) in [6, 6.07) is 10.3. The van der Waals surface area contributed by atoms with Crippen LogP contribution in [0.1, 0.15) is 24.8 Å². The molecule has 2 fully saturated rings. The summed E-state index contributed by atoms with van der Waals surface area (Å²) in [5.41, 5.74) is 1.72. The summed E-state index contributed by atoms with van der Waals surface area (Å²) in [5, 5.41) is 0. The lowest BCUT2D eigenvalue weighted by molar-refractivity contribution is 0.0990. The molecular weight excluding hydrogens is 312 g/mol. The van der Waals surface area contributed by atoms with Crippen LogP contribution in [0.4, 0.5) is 5.95 Å². The molecule has 2 aromatic rings. The SMILES string of the molecule is COc1cccc(CN2CCCC3(CCN(c4ncccn4)C3)C2)c1. The number of ether oxygens (including phenoxy) is 1. The van der Waals surface area contributed by atoms with Crippen molar-refractivity contribution >= 4 is 5.95 Å². The number of likely N-dealkylation sites (tertiary alicyclic amines) is 1. The Labute approximate surface area is 149 Å². The van der Waals surface area contributed by atoms with E-state index in [-0.39, 0.29) is 0 Å². The van der Waals surface area contributed by atoms with Gasteiger partial charge in [0.25, 0.3) is 0 Å². The normalized spacial score (nSPS) is 24.0. The zero-order valence-corrected chi connectivity index (χ0v) is 14.9. The maximum atomic E-state index is 5.36.